The summed E-state index contributed by atoms with van der Waals surface area (Å²) in [5, 5.41) is 0. The number of fused-ring (bicyclic) bond motifs is 2. The molecule has 1 aromatic carbocycles. The quantitative estimate of drug-likeness (QED) is 0.611. The molecule has 30 heavy (non-hydrogen) atoms. The number of piperazine rings is 1. The molecular weight excluding hydrogens is 379 g/mol. The molecular formula is C25H34FN2O2+. The van der Waals surface area contributed by atoms with Crippen molar-refractivity contribution in [2.45, 2.75) is 45.1 Å². The Morgan fingerprint density at radius 3 is 2.83 bits per heavy atom. The van der Waals surface area contributed by atoms with E-state index in [1.807, 2.05) is 12.1 Å². The molecule has 4 aliphatic rings. The van der Waals surface area contributed by atoms with Crippen molar-refractivity contribution in [1.82, 2.24) is 0 Å². The van der Waals surface area contributed by atoms with Crippen LogP contribution in [0.3, 0.4) is 0 Å². The first kappa shape index (κ1) is 20.0. The van der Waals surface area contributed by atoms with Gasteiger partial charge in [-0.25, -0.2) is 4.39 Å². The molecule has 0 amide bonds. The summed E-state index contributed by atoms with van der Waals surface area (Å²) in [6.07, 6.45) is 5.74. The number of rotatable bonds is 3. The molecule has 2 heterocycles. The lowest BCUT2D eigenvalue weighted by atomic mass is 9.55. The number of hydrogen-bond donors (Lipinski definition) is 1. The van der Waals surface area contributed by atoms with Gasteiger partial charge in [0.25, 0.3) is 0 Å². The number of benzene rings is 1. The second-order valence-corrected chi connectivity index (χ2v) is 10.3. The monoisotopic (exact) mass is 413 g/mol. The second kappa shape index (κ2) is 7.67. The van der Waals surface area contributed by atoms with Crippen LogP contribution in [-0.4, -0.2) is 44.8 Å². The third-order valence-electron chi connectivity index (χ3n) is 8.49. The van der Waals surface area contributed by atoms with Crippen molar-refractivity contribution < 1.29 is 18.8 Å². The SMILES string of the molecule is C=C1CCC[C@]2(C)C[C@H]3OC(=O)[C@@H](C[NH+]4CCN(c5ccccc5F)CC4)[C@H]3C[C@H]12. The minimum absolute atomic E-state index is 0.00397. The summed E-state index contributed by atoms with van der Waals surface area (Å²) in [6.45, 7) is 11.1. The fourth-order valence-electron chi connectivity index (χ4n) is 6.78. The van der Waals surface area contributed by atoms with Gasteiger partial charge in [-0.2, -0.15) is 0 Å². The van der Waals surface area contributed by atoms with E-state index in [1.54, 1.807) is 6.07 Å². The molecule has 1 aromatic rings. The number of nitrogens with one attached hydrogen (secondary N) is 1. The van der Waals surface area contributed by atoms with Gasteiger partial charge < -0.3 is 14.5 Å². The highest BCUT2D eigenvalue weighted by Gasteiger charge is 2.56. The van der Waals surface area contributed by atoms with Crippen LogP contribution in [0.5, 0.6) is 0 Å². The predicted molar refractivity (Wildman–Crippen MR) is 115 cm³/mol. The van der Waals surface area contributed by atoms with E-state index in [4.69, 9.17) is 4.74 Å². The lowest BCUT2D eigenvalue weighted by molar-refractivity contribution is -0.903. The maximum Gasteiger partial charge on any atom is 0.315 e. The smallest absolute Gasteiger partial charge is 0.315 e. The Hall–Kier alpha value is -1.88. The summed E-state index contributed by atoms with van der Waals surface area (Å²) in [6, 6.07) is 7.01. The fourth-order valence-corrected chi connectivity index (χ4v) is 6.78. The van der Waals surface area contributed by atoms with Crippen LogP contribution < -0.4 is 9.80 Å². The van der Waals surface area contributed by atoms with Crippen molar-refractivity contribution in [2.75, 3.05) is 37.6 Å². The Labute approximate surface area is 179 Å². The van der Waals surface area contributed by atoms with Gasteiger partial charge in [-0.3, -0.25) is 4.79 Å². The van der Waals surface area contributed by atoms with Gasteiger partial charge in [-0.1, -0.05) is 31.2 Å². The normalized spacial score (nSPS) is 36.9. The molecule has 2 saturated carbocycles. The third kappa shape index (κ3) is 3.45. The second-order valence-electron chi connectivity index (χ2n) is 10.3. The van der Waals surface area contributed by atoms with Gasteiger partial charge >= 0.3 is 5.97 Å². The number of anilines is 1. The van der Waals surface area contributed by atoms with Crippen molar-refractivity contribution in [3.8, 4) is 0 Å². The molecule has 4 nitrogen and oxygen atoms in total. The van der Waals surface area contributed by atoms with E-state index >= 15 is 0 Å². The molecule has 5 atom stereocenters. The lowest BCUT2D eigenvalue weighted by Gasteiger charge is -2.50. The average Bonchev–Trinajstić information content (AvgIpc) is 3.01. The van der Waals surface area contributed by atoms with Crippen LogP contribution in [0.25, 0.3) is 0 Å². The Bertz CT molecular complexity index is 834. The van der Waals surface area contributed by atoms with Crippen LogP contribution in [0.2, 0.25) is 0 Å². The van der Waals surface area contributed by atoms with Gasteiger partial charge in [0.05, 0.1) is 38.4 Å². The summed E-state index contributed by atoms with van der Waals surface area (Å²) in [5.41, 5.74) is 2.34. The zero-order valence-electron chi connectivity index (χ0n) is 18.0. The number of allylic oxidation sites excluding steroid dienone is 1. The largest absolute Gasteiger partial charge is 0.462 e. The minimum Gasteiger partial charge on any atom is -0.462 e. The van der Waals surface area contributed by atoms with Crippen LogP contribution in [-0.2, 0) is 9.53 Å². The minimum atomic E-state index is -0.152. The summed E-state index contributed by atoms with van der Waals surface area (Å²) < 4.78 is 20.1. The maximum absolute atomic E-state index is 14.1. The molecule has 2 aliphatic heterocycles. The average molecular weight is 414 g/mol. The Morgan fingerprint density at radius 2 is 2.07 bits per heavy atom. The summed E-state index contributed by atoms with van der Waals surface area (Å²) in [4.78, 5) is 16.4. The Morgan fingerprint density at radius 1 is 1.30 bits per heavy atom. The number of hydrogen-bond acceptors (Lipinski definition) is 3. The molecule has 0 aromatic heterocycles. The molecule has 2 saturated heterocycles. The number of para-hydroxylation sites is 1. The summed E-state index contributed by atoms with van der Waals surface area (Å²) in [7, 11) is 0. The molecule has 5 rings (SSSR count). The van der Waals surface area contributed by atoms with Crippen molar-refractivity contribution >= 4 is 11.7 Å². The van der Waals surface area contributed by atoms with Crippen LogP contribution in [0.15, 0.2) is 36.4 Å². The van der Waals surface area contributed by atoms with E-state index < -0.39 is 0 Å². The highest BCUT2D eigenvalue weighted by atomic mass is 19.1. The summed E-state index contributed by atoms with van der Waals surface area (Å²) >= 11 is 0. The number of nitrogens with zero attached hydrogens (tertiary/aromatic N) is 1. The molecule has 4 fully saturated rings. The number of esters is 1. The van der Waals surface area contributed by atoms with Gasteiger partial charge in [0.1, 0.15) is 17.8 Å². The maximum atomic E-state index is 14.1. The molecule has 162 valence electrons. The van der Waals surface area contributed by atoms with Crippen molar-refractivity contribution in [1.29, 1.82) is 0 Å². The van der Waals surface area contributed by atoms with Gasteiger partial charge in [0, 0.05) is 5.92 Å². The van der Waals surface area contributed by atoms with E-state index in [0.29, 0.717) is 17.5 Å². The molecule has 5 heteroatoms. The van der Waals surface area contributed by atoms with E-state index in [9.17, 15) is 9.18 Å². The van der Waals surface area contributed by atoms with Crippen LogP contribution in [0, 0.1) is 29.0 Å². The van der Waals surface area contributed by atoms with E-state index in [-0.39, 0.29) is 29.2 Å². The van der Waals surface area contributed by atoms with Crippen LogP contribution in [0.1, 0.15) is 39.0 Å². The predicted octanol–water partition coefficient (Wildman–Crippen LogP) is 2.84. The standard InChI is InChI=1S/C25H33FN2O2/c1-17-6-5-9-25(2)15-23-18(14-20(17)25)19(24(29)30-23)16-27-10-12-28(13-11-27)22-8-4-3-7-21(22)26/h3-4,7-8,18-20,23H,1,5-6,9-16H2,2H3/p+1/t18-,19+,20-,23-,25-/m1/s1. The molecule has 0 radical (unpaired) electrons. The molecule has 0 spiro atoms. The van der Waals surface area contributed by atoms with Gasteiger partial charge in [-0.05, 0) is 55.6 Å². The lowest BCUT2D eigenvalue weighted by Crippen LogP contribution is -3.15. The fraction of sp³-hybridized carbons (Fsp3) is 0.640. The topological polar surface area (TPSA) is 34.0 Å². The number of carbonyl (C=O) groups excluding carboxylic acids is 1. The number of carbonyl (C=O) groups is 1. The highest BCUT2D eigenvalue weighted by Crippen LogP contribution is 2.56. The molecule has 1 N–H and O–H groups in total. The van der Waals surface area contributed by atoms with Crippen molar-refractivity contribution in [2.24, 2.45) is 23.2 Å². The number of quaternary nitrogens is 1. The Kier molecular flexibility index (Phi) is 5.12. The zero-order valence-corrected chi connectivity index (χ0v) is 18.0. The molecule has 0 unspecified atom stereocenters. The van der Waals surface area contributed by atoms with Gasteiger partial charge in [-0.15, -0.1) is 0 Å². The molecule has 2 aliphatic carbocycles. The zero-order chi connectivity index (χ0) is 20.9. The van der Waals surface area contributed by atoms with E-state index in [2.05, 4.69) is 18.4 Å². The van der Waals surface area contributed by atoms with E-state index in [1.165, 1.54) is 29.4 Å². The molecule has 0 bridgehead atoms. The van der Waals surface area contributed by atoms with Crippen molar-refractivity contribution in [3.63, 3.8) is 0 Å². The number of halogens is 1. The highest BCUT2D eigenvalue weighted by molar-refractivity contribution is 5.75. The van der Waals surface area contributed by atoms with Crippen LogP contribution in [0.4, 0.5) is 10.1 Å². The first-order valence-corrected chi connectivity index (χ1v) is 11.7. The summed E-state index contributed by atoms with van der Waals surface area (Å²) in [5.74, 6) is 0.743. The van der Waals surface area contributed by atoms with E-state index in [0.717, 1.165) is 52.0 Å². The first-order valence-electron chi connectivity index (χ1n) is 11.7. The van der Waals surface area contributed by atoms with Crippen molar-refractivity contribution in [3.05, 3.63) is 42.2 Å². The first-order chi connectivity index (χ1) is 14.4. The third-order valence-corrected chi connectivity index (χ3v) is 8.49. The number of ether oxygens (including phenoxy) is 1. The van der Waals surface area contributed by atoms with Gasteiger partial charge in [0.2, 0.25) is 0 Å². The Balaban J connectivity index is 1.23. The van der Waals surface area contributed by atoms with Crippen LogP contribution >= 0.6 is 0 Å². The van der Waals surface area contributed by atoms with Gasteiger partial charge in [0.15, 0.2) is 0 Å².